The van der Waals surface area contributed by atoms with Crippen LogP contribution in [0.15, 0.2) is 30.3 Å². The quantitative estimate of drug-likeness (QED) is 0.726. The van der Waals surface area contributed by atoms with Crippen LogP contribution in [0, 0.1) is 0 Å². The van der Waals surface area contributed by atoms with Crippen LogP contribution in [0.2, 0.25) is 5.15 Å². The molecular formula is C10H7ClN2O. The lowest BCUT2D eigenvalue weighted by Crippen LogP contribution is -2.10. The van der Waals surface area contributed by atoms with Crippen molar-refractivity contribution in [1.29, 1.82) is 0 Å². The van der Waals surface area contributed by atoms with Gasteiger partial charge in [-0.15, -0.1) is 0 Å². The molecule has 4 heteroatoms. The first-order valence-electron chi connectivity index (χ1n) is 4.03. The van der Waals surface area contributed by atoms with Crippen molar-refractivity contribution < 1.29 is 4.79 Å². The van der Waals surface area contributed by atoms with Crippen LogP contribution in [-0.4, -0.2) is 10.9 Å². The molecule has 2 N–H and O–H groups in total. The number of hydrogen-bond donors (Lipinski definition) is 1. The molecule has 1 aromatic heterocycles. The number of pyridine rings is 1. The van der Waals surface area contributed by atoms with Crippen molar-refractivity contribution in [2.24, 2.45) is 5.73 Å². The lowest BCUT2D eigenvalue weighted by Gasteiger charge is -1.99. The number of fused-ring (bicyclic) bond motifs is 1. The largest absolute Gasteiger partial charge is 0.366 e. The fraction of sp³-hybridized carbons (Fsp3) is 0. The fourth-order valence-corrected chi connectivity index (χ4v) is 1.40. The van der Waals surface area contributed by atoms with E-state index in [1.165, 1.54) is 0 Å². The van der Waals surface area contributed by atoms with Gasteiger partial charge in [0.15, 0.2) is 0 Å². The number of hydrogen-bond acceptors (Lipinski definition) is 2. The molecule has 2 rings (SSSR count). The molecule has 0 saturated heterocycles. The van der Waals surface area contributed by atoms with Gasteiger partial charge in [0, 0.05) is 10.9 Å². The van der Waals surface area contributed by atoms with Crippen LogP contribution in [0.3, 0.4) is 0 Å². The Labute approximate surface area is 85.5 Å². The molecule has 0 spiro atoms. The molecule has 14 heavy (non-hydrogen) atoms. The minimum absolute atomic E-state index is 0.402. The van der Waals surface area contributed by atoms with Gasteiger partial charge in [-0.3, -0.25) is 4.79 Å². The fourth-order valence-electron chi connectivity index (χ4n) is 1.25. The van der Waals surface area contributed by atoms with Crippen LogP contribution in [0.5, 0.6) is 0 Å². The van der Waals surface area contributed by atoms with E-state index in [1.54, 1.807) is 24.3 Å². The van der Waals surface area contributed by atoms with Crippen LogP contribution >= 0.6 is 11.6 Å². The number of carbonyl (C=O) groups is 1. The molecule has 0 bridgehead atoms. The number of nitrogens with zero attached hydrogens (tertiary/aromatic N) is 1. The Bertz CT molecular complexity index is 510. The summed E-state index contributed by atoms with van der Waals surface area (Å²) in [7, 11) is 0. The topological polar surface area (TPSA) is 56.0 Å². The highest BCUT2D eigenvalue weighted by Crippen LogP contribution is 2.16. The Morgan fingerprint density at radius 1 is 1.29 bits per heavy atom. The highest BCUT2D eigenvalue weighted by Gasteiger charge is 2.02. The molecule has 0 unspecified atom stereocenters. The monoisotopic (exact) mass is 206 g/mol. The zero-order chi connectivity index (χ0) is 10.1. The van der Waals surface area contributed by atoms with Gasteiger partial charge in [-0.25, -0.2) is 4.98 Å². The van der Waals surface area contributed by atoms with Crippen LogP contribution in [0.4, 0.5) is 0 Å². The Morgan fingerprint density at radius 3 is 2.71 bits per heavy atom. The second-order valence-electron chi connectivity index (χ2n) is 2.91. The zero-order valence-corrected chi connectivity index (χ0v) is 7.95. The van der Waals surface area contributed by atoms with Gasteiger partial charge >= 0.3 is 0 Å². The van der Waals surface area contributed by atoms with E-state index in [-0.39, 0.29) is 0 Å². The number of rotatable bonds is 1. The van der Waals surface area contributed by atoms with Gasteiger partial charge in [-0.2, -0.15) is 0 Å². The van der Waals surface area contributed by atoms with E-state index in [1.807, 2.05) is 6.07 Å². The summed E-state index contributed by atoms with van der Waals surface area (Å²) in [5, 5.41) is 1.33. The first kappa shape index (κ1) is 8.97. The van der Waals surface area contributed by atoms with E-state index >= 15 is 0 Å². The summed E-state index contributed by atoms with van der Waals surface area (Å²) in [4.78, 5) is 15.0. The average Bonchev–Trinajstić information content (AvgIpc) is 2.16. The summed E-state index contributed by atoms with van der Waals surface area (Å²) in [5.74, 6) is -0.464. The van der Waals surface area contributed by atoms with Gasteiger partial charge in [0.2, 0.25) is 5.91 Å². The number of halogens is 1. The van der Waals surface area contributed by atoms with E-state index in [4.69, 9.17) is 17.3 Å². The van der Waals surface area contributed by atoms with Gasteiger partial charge in [0.05, 0.1) is 5.52 Å². The third kappa shape index (κ3) is 1.54. The van der Waals surface area contributed by atoms with Crippen molar-refractivity contribution in [2.45, 2.75) is 0 Å². The number of primary amides is 1. The zero-order valence-electron chi connectivity index (χ0n) is 7.20. The molecule has 0 aliphatic heterocycles. The molecule has 70 valence electrons. The maximum absolute atomic E-state index is 10.9. The Kier molecular flexibility index (Phi) is 2.09. The third-order valence-corrected chi connectivity index (χ3v) is 2.15. The minimum atomic E-state index is -0.464. The normalized spacial score (nSPS) is 10.4. The first-order valence-corrected chi connectivity index (χ1v) is 4.41. The maximum Gasteiger partial charge on any atom is 0.248 e. The minimum Gasteiger partial charge on any atom is -0.366 e. The molecule has 1 amide bonds. The van der Waals surface area contributed by atoms with Crippen molar-refractivity contribution >= 4 is 28.4 Å². The molecule has 0 fully saturated rings. The molecule has 0 aliphatic carbocycles. The van der Waals surface area contributed by atoms with E-state index in [2.05, 4.69) is 4.98 Å². The molecule has 1 aromatic carbocycles. The lowest BCUT2D eigenvalue weighted by molar-refractivity contribution is 0.100. The number of nitrogens with two attached hydrogens (primary N) is 1. The van der Waals surface area contributed by atoms with Gasteiger partial charge in [-0.05, 0) is 24.3 Å². The molecule has 3 nitrogen and oxygen atoms in total. The SMILES string of the molecule is NC(=O)c1ccc2ccc(Cl)nc2c1. The molecule has 0 radical (unpaired) electrons. The molecular weight excluding hydrogens is 200 g/mol. The smallest absolute Gasteiger partial charge is 0.248 e. The molecule has 0 atom stereocenters. The van der Waals surface area contributed by atoms with Gasteiger partial charge in [0.1, 0.15) is 5.15 Å². The van der Waals surface area contributed by atoms with Crippen molar-refractivity contribution in [3.8, 4) is 0 Å². The predicted octanol–water partition coefficient (Wildman–Crippen LogP) is 1.99. The maximum atomic E-state index is 10.9. The van der Waals surface area contributed by atoms with Gasteiger partial charge in [0.25, 0.3) is 0 Å². The second kappa shape index (κ2) is 3.27. The standard InChI is InChI=1S/C10H7ClN2O/c11-9-4-3-6-1-2-7(10(12)14)5-8(6)13-9/h1-5H,(H2,12,14). The van der Waals surface area contributed by atoms with E-state index in [9.17, 15) is 4.79 Å². The summed E-state index contributed by atoms with van der Waals surface area (Å²) in [5.41, 5.74) is 6.26. The van der Waals surface area contributed by atoms with Crippen molar-refractivity contribution in [3.63, 3.8) is 0 Å². The highest BCUT2D eigenvalue weighted by molar-refractivity contribution is 6.29. The molecule has 1 heterocycles. The summed E-state index contributed by atoms with van der Waals surface area (Å²) in [6, 6.07) is 8.63. The Morgan fingerprint density at radius 2 is 2.00 bits per heavy atom. The first-order chi connectivity index (χ1) is 6.66. The summed E-state index contributed by atoms with van der Waals surface area (Å²) >= 11 is 5.72. The summed E-state index contributed by atoms with van der Waals surface area (Å²) < 4.78 is 0. The summed E-state index contributed by atoms with van der Waals surface area (Å²) in [6.45, 7) is 0. The lowest BCUT2D eigenvalue weighted by atomic mass is 10.1. The second-order valence-corrected chi connectivity index (χ2v) is 3.29. The van der Waals surface area contributed by atoms with Crippen molar-refractivity contribution in [2.75, 3.05) is 0 Å². The van der Waals surface area contributed by atoms with E-state index in [0.29, 0.717) is 16.2 Å². The van der Waals surface area contributed by atoms with Crippen molar-refractivity contribution in [1.82, 2.24) is 4.98 Å². The van der Waals surface area contributed by atoms with Gasteiger partial charge in [-0.1, -0.05) is 17.7 Å². The number of amides is 1. The third-order valence-electron chi connectivity index (χ3n) is 1.94. The van der Waals surface area contributed by atoms with Crippen LogP contribution in [0.1, 0.15) is 10.4 Å². The van der Waals surface area contributed by atoms with Gasteiger partial charge < -0.3 is 5.73 Å². The van der Waals surface area contributed by atoms with Crippen LogP contribution in [-0.2, 0) is 0 Å². The van der Waals surface area contributed by atoms with Crippen molar-refractivity contribution in [3.05, 3.63) is 41.0 Å². The van der Waals surface area contributed by atoms with Crippen LogP contribution < -0.4 is 5.73 Å². The number of benzene rings is 1. The molecule has 0 saturated carbocycles. The van der Waals surface area contributed by atoms with Crippen LogP contribution in [0.25, 0.3) is 10.9 Å². The summed E-state index contributed by atoms with van der Waals surface area (Å²) in [6.07, 6.45) is 0. The molecule has 0 aliphatic rings. The number of carbonyl (C=O) groups excluding carboxylic acids is 1. The Hall–Kier alpha value is -1.61. The predicted molar refractivity (Wildman–Crippen MR) is 55.3 cm³/mol. The molecule has 2 aromatic rings. The number of aromatic nitrogens is 1. The Balaban J connectivity index is 2.69. The highest BCUT2D eigenvalue weighted by atomic mass is 35.5. The van der Waals surface area contributed by atoms with E-state index in [0.717, 1.165) is 5.39 Å². The van der Waals surface area contributed by atoms with E-state index < -0.39 is 5.91 Å². The average molecular weight is 207 g/mol.